The number of hydrogen-bond donors (Lipinski definition) is 1. The summed E-state index contributed by atoms with van der Waals surface area (Å²) in [4.78, 5) is 5.32. The molecule has 2 aliphatic rings. The number of piperazine rings is 1. The van der Waals surface area contributed by atoms with Crippen molar-refractivity contribution in [2.45, 2.75) is 32.7 Å². The third-order valence-corrected chi connectivity index (χ3v) is 4.07. The van der Waals surface area contributed by atoms with Gasteiger partial charge in [0.15, 0.2) is 0 Å². The van der Waals surface area contributed by atoms with Crippen molar-refractivity contribution in [3.8, 4) is 0 Å². The van der Waals surface area contributed by atoms with Crippen LogP contribution in [0.5, 0.6) is 0 Å². The third-order valence-electron chi connectivity index (χ3n) is 4.07. The van der Waals surface area contributed by atoms with Gasteiger partial charge in [-0.3, -0.25) is 4.90 Å². The molecule has 2 saturated heterocycles. The van der Waals surface area contributed by atoms with Gasteiger partial charge in [-0.05, 0) is 31.8 Å². The molecule has 0 aliphatic carbocycles. The van der Waals surface area contributed by atoms with Gasteiger partial charge in [-0.25, -0.2) is 0 Å². The highest BCUT2D eigenvalue weighted by molar-refractivity contribution is 4.83. The molecule has 0 radical (unpaired) electrons. The van der Waals surface area contributed by atoms with E-state index in [2.05, 4.69) is 29.0 Å². The molecule has 0 bridgehead atoms. The van der Waals surface area contributed by atoms with Gasteiger partial charge < -0.3 is 10.2 Å². The van der Waals surface area contributed by atoms with Gasteiger partial charge in [0.1, 0.15) is 0 Å². The fraction of sp³-hybridized carbons (Fsp3) is 1.00. The normalized spacial score (nSPS) is 29.1. The Balaban J connectivity index is 1.76. The van der Waals surface area contributed by atoms with E-state index in [1.54, 1.807) is 0 Å². The maximum atomic E-state index is 3.52. The average Bonchev–Trinajstić information content (AvgIpc) is 2.79. The van der Waals surface area contributed by atoms with Crippen LogP contribution in [0.25, 0.3) is 0 Å². The topological polar surface area (TPSA) is 18.5 Å². The van der Waals surface area contributed by atoms with E-state index < -0.39 is 0 Å². The third kappa shape index (κ3) is 3.19. The van der Waals surface area contributed by atoms with Gasteiger partial charge in [0.25, 0.3) is 0 Å². The molecular formula is C13H27N3. The summed E-state index contributed by atoms with van der Waals surface area (Å²) in [7, 11) is 0. The second-order valence-electron chi connectivity index (χ2n) is 5.60. The Kier molecular flexibility index (Phi) is 4.62. The number of nitrogens with zero attached hydrogens (tertiary/aromatic N) is 2. The van der Waals surface area contributed by atoms with E-state index in [1.165, 1.54) is 58.7 Å². The first-order chi connectivity index (χ1) is 7.77. The Bertz CT molecular complexity index is 199. The van der Waals surface area contributed by atoms with Crippen LogP contribution >= 0.6 is 0 Å². The molecule has 0 aromatic rings. The lowest BCUT2D eigenvalue weighted by Crippen LogP contribution is -2.55. The smallest absolute Gasteiger partial charge is 0.0244 e. The standard InChI is InChI=1S/C13H27N3/c1-12(2)13-11-14-5-8-16(13)10-9-15-6-3-4-7-15/h12-14H,3-11H2,1-2H3. The Morgan fingerprint density at radius 1 is 1.12 bits per heavy atom. The molecule has 0 aromatic heterocycles. The number of nitrogens with one attached hydrogen (secondary N) is 1. The van der Waals surface area contributed by atoms with Crippen molar-refractivity contribution in [3.05, 3.63) is 0 Å². The highest BCUT2D eigenvalue weighted by Gasteiger charge is 2.25. The summed E-state index contributed by atoms with van der Waals surface area (Å²) in [5.74, 6) is 0.770. The van der Waals surface area contributed by atoms with Crippen molar-refractivity contribution in [1.29, 1.82) is 0 Å². The van der Waals surface area contributed by atoms with E-state index in [4.69, 9.17) is 0 Å². The first-order valence-electron chi connectivity index (χ1n) is 6.94. The number of hydrogen-bond acceptors (Lipinski definition) is 3. The predicted molar refractivity (Wildman–Crippen MR) is 68.7 cm³/mol. The van der Waals surface area contributed by atoms with Gasteiger partial charge in [-0.2, -0.15) is 0 Å². The second kappa shape index (κ2) is 5.99. The molecule has 0 spiro atoms. The molecule has 0 aromatic carbocycles. The summed E-state index contributed by atoms with van der Waals surface area (Å²) in [5, 5.41) is 3.52. The summed E-state index contributed by atoms with van der Waals surface area (Å²) in [6.07, 6.45) is 2.82. The molecule has 1 N–H and O–H groups in total. The van der Waals surface area contributed by atoms with Crippen molar-refractivity contribution in [1.82, 2.24) is 15.1 Å². The molecule has 94 valence electrons. The van der Waals surface area contributed by atoms with Crippen LogP contribution in [0.1, 0.15) is 26.7 Å². The molecule has 1 unspecified atom stereocenters. The van der Waals surface area contributed by atoms with Gasteiger partial charge in [-0.15, -0.1) is 0 Å². The van der Waals surface area contributed by atoms with Gasteiger partial charge in [0, 0.05) is 38.8 Å². The van der Waals surface area contributed by atoms with Crippen LogP contribution in [0, 0.1) is 5.92 Å². The summed E-state index contributed by atoms with van der Waals surface area (Å²) in [6, 6.07) is 0.747. The minimum absolute atomic E-state index is 0.747. The van der Waals surface area contributed by atoms with E-state index in [1.807, 2.05) is 0 Å². The van der Waals surface area contributed by atoms with E-state index in [9.17, 15) is 0 Å². The molecule has 2 fully saturated rings. The highest BCUT2D eigenvalue weighted by Crippen LogP contribution is 2.13. The first kappa shape index (κ1) is 12.3. The van der Waals surface area contributed by atoms with Crippen LogP contribution in [0.4, 0.5) is 0 Å². The van der Waals surface area contributed by atoms with Crippen molar-refractivity contribution < 1.29 is 0 Å². The van der Waals surface area contributed by atoms with Crippen molar-refractivity contribution in [3.63, 3.8) is 0 Å². The zero-order valence-corrected chi connectivity index (χ0v) is 10.9. The molecule has 3 heteroatoms. The Morgan fingerprint density at radius 2 is 1.88 bits per heavy atom. The van der Waals surface area contributed by atoms with Crippen LogP contribution in [0.15, 0.2) is 0 Å². The van der Waals surface area contributed by atoms with Crippen molar-refractivity contribution in [2.75, 3.05) is 45.8 Å². The molecule has 2 heterocycles. The Labute approximate surface area is 100 Å². The van der Waals surface area contributed by atoms with E-state index in [-0.39, 0.29) is 0 Å². The van der Waals surface area contributed by atoms with Crippen molar-refractivity contribution in [2.24, 2.45) is 5.92 Å². The van der Waals surface area contributed by atoms with Crippen LogP contribution in [0.2, 0.25) is 0 Å². The zero-order valence-electron chi connectivity index (χ0n) is 10.9. The average molecular weight is 225 g/mol. The first-order valence-corrected chi connectivity index (χ1v) is 6.94. The minimum atomic E-state index is 0.747. The Hall–Kier alpha value is -0.120. The van der Waals surface area contributed by atoms with Gasteiger partial charge >= 0.3 is 0 Å². The van der Waals surface area contributed by atoms with Crippen LogP contribution < -0.4 is 5.32 Å². The number of likely N-dealkylation sites (tertiary alicyclic amines) is 1. The van der Waals surface area contributed by atoms with Gasteiger partial charge in [0.2, 0.25) is 0 Å². The molecule has 16 heavy (non-hydrogen) atoms. The van der Waals surface area contributed by atoms with E-state index >= 15 is 0 Å². The fourth-order valence-corrected chi connectivity index (χ4v) is 2.98. The molecule has 2 aliphatic heterocycles. The maximum absolute atomic E-state index is 3.52. The molecule has 0 amide bonds. The summed E-state index contributed by atoms with van der Waals surface area (Å²) in [5.41, 5.74) is 0. The van der Waals surface area contributed by atoms with E-state index in [0.29, 0.717) is 0 Å². The summed E-state index contributed by atoms with van der Waals surface area (Å²) in [6.45, 7) is 13.5. The number of rotatable bonds is 4. The van der Waals surface area contributed by atoms with Crippen molar-refractivity contribution >= 4 is 0 Å². The van der Waals surface area contributed by atoms with Gasteiger partial charge in [0.05, 0.1) is 0 Å². The summed E-state index contributed by atoms with van der Waals surface area (Å²) >= 11 is 0. The maximum Gasteiger partial charge on any atom is 0.0244 e. The van der Waals surface area contributed by atoms with Crippen LogP contribution in [-0.2, 0) is 0 Å². The lowest BCUT2D eigenvalue weighted by Gasteiger charge is -2.39. The second-order valence-corrected chi connectivity index (χ2v) is 5.60. The molecular weight excluding hydrogens is 198 g/mol. The Morgan fingerprint density at radius 3 is 2.56 bits per heavy atom. The lowest BCUT2D eigenvalue weighted by molar-refractivity contribution is 0.111. The van der Waals surface area contributed by atoms with Crippen LogP contribution in [-0.4, -0.2) is 61.7 Å². The molecule has 1 atom stereocenters. The molecule has 0 saturated carbocycles. The SMILES string of the molecule is CC(C)C1CNCCN1CCN1CCCC1. The summed E-state index contributed by atoms with van der Waals surface area (Å²) < 4.78 is 0. The quantitative estimate of drug-likeness (QED) is 0.770. The minimum Gasteiger partial charge on any atom is -0.314 e. The molecule has 3 nitrogen and oxygen atoms in total. The largest absolute Gasteiger partial charge is 0.314 e. The lowest BCUT2D eigenvalue weighted by atomic mass is 10.0. The van der Waals surface area contributed by atoms with Crippen LogP contribution in [0.3, 0.4) is 0 Å². The predicted octanol–water partition coefficient (Wildman–Crippen LogP) is 1.01. The van der Waals surface area contributed by atoms with Gasteiger partial charge in [-0.1, -0.05) is 13.8 Å². The monoisotopic (exact) mass is 225 g/mol. The fourth-order valence-electron chi connectivity index (χ4n) is 2.98. The molecule has 2 rings (SSSR count). The highest BCUT2D eigenvalue weighted by atomic mass is 15.3. The zero-order chi connectivity index (χ0) is 11.4. The van der Waals surface area contributed by atoms with E-state index in [0.717, 1.165) is 12.0 Å².